The first-order chi connectivity index (χ1) is 14.0. The van der Waals surface area contributed by atoms with Crippen molar-refractivity contribution in [3.8, 4) is 0 Å². The third kappa shape index (κ3) is 6.00. The molecule has 29 heavy (non-hydrogen) atoms. The summed E-state index contributed by atoms with van der Waals surface area (Å²) in [5.41, 5.74) is 1.05. The molecule has 0 aromatic heterocycles. The van der Waals surface area contributed by atoms with Crippen molar-refractivity contribution in [3.05, 3.63) is 33.8 Å². The minimum absolute atomic E-state index is 0.0859. The summed E-state index contributed by atoms with van der Waals surface area (Å²) in [5.74, 6) is 1.67. The van der Waals surface area contributed by atoms with Gasteiger partial charge in [0.1, 0.15) is 0 Å². The molecule has 5 nitrogen and oxygen atoms in total. The Hall–Kier alpha value is -1.01. The van der Waals surface area contributed by atoms with E-state index < -0.39 is 0 Å². The van der Waals surface area contributed by atoms with Crippen molar-refractivity contribution in [1.82, 2.24) is 10.2 Å². The lowest BCUT2D eigenvalue weighted by Crippen LogP contribution is -2.48. The maximum absolute atomic E-state index is 6.60. The number of rotatable bonds is 6. The molecule has 0 saturated carbocycles. The average molecular weight is 442 g/mol. The van der Waals surface area contributed by atoms with E-state index in [1.54, 1.807) is 0 Å². The molecule has 0 bridgehead atoms. The molecule has 0 amide bonds. The monoisotopic (exact) mass is 441 g/mol. The van der Waals surface area contributed by atoms with Gasteiger partial charge in [-0.3, -0.25) is 4.99 Å². The van der Waals surface area contributed by atoms with Gasteiger partial charge < -0.3 is 19.7 Å². The minimum Gasteiger partial charge on any atom is -0.381 e. The number of aliphatic imine (C=N–C) groups is 1. The molecule has 0 atom stereocenters. The first-order valence-corrected chi connectivity index (χ1v) is 11.3. The molecule has 3 rings (SSSR count). The molecule has 162 valence electrons. The van der Waals surface area contributed by atoms with E-state index in [0.29, 0.717) is 5.02 Å². The van der Waals surface area contributed by atoms with E-state index in [-0.39, 0.29) is 5.41 Å². The zero-order valence-corrected chi connectivity index (χ0v) is 19.1. The summed E-state index contributed by atoms with van der Waals surface area (Å²) in [6.07, 6.45) is 5.34. The normalized spacial score (nSPS) is 20.5. The average Bonchev–Trinajstić information content (AvgIpc) is 2.74. The van der Waals surface area contributed by atoms with Crippen LogP contribution in [-0.2, 0) is 14.9 Å². The minimum atomic E-state index is -0.0859. The first-order valence-electron chi connectivity index (χ1n) is 10.6. The van der Waals surface area contributed by atoms with Crippen molar-refractivity contribution < 1.29 is 9.47 Å². The highest BCUT2D eigenvalue weighted by Crippen LogP contribution is 2.39. The van der Waals surface area contributed by atoms with Crippen LogP contribution in [0.1, 0.15) is 37.7 Å². The van der Waals surface area contributed by atoms with E-state index >= 15 is 0 Å². The van der Waals surface area contributed by atoms with Crippen molar-refractivity contribution in [2.75, 3.05) is 53.6 Å². The lowest BCUT2D eigenvalue weighted by Gasteiger charge is -2.39. The predicted octanol–water partition coefficient (Wildman–Crippen LogP) is 4.37. The zero-order valence-electron chi connectivity index (χ0n) is 17.6. The first kappa shape index (κ1) is 22.7. The number of nitrogens with zero attached hydrogens (tertiary/aromatic N) is 2. The molecule has 2 heterocycles. The highest BCUT2D eigenvalue weighted by atomic mass is 35.5. The summed E-state index contributed by atoms with van der Waals surface area (Å²) in [4.78, 5) is 6.75. The van der Waals surface area contributed by atoms with Gasteiger partial charge in [0.15, 0.2) is 5.96 Å². The molecule has 7 heteroatoms. The zero-order chi connectivity index (χ0) is 20.7. The van der Waals surface area contributed by atoms with E-state index in [9.17, 15) is 0 Å². The van der Waals surface area contributed by atoms with Crippen LogP contribution >= 0.6 is 23.2 Å². The van der Waals surface area contributed by atoms with Crippen molar-refractivity contribution >= 4 is 29.2 Å². The van der Waals surface area contributed by atoms with Crippen LogP contribution in [0.15, 0.2) is 23.2 Å². The van der Waals surface area contributed by atoms with E-state index in [4.69, 9.17) is 32.7 Å². The topological polar surface area (TPSA) is 46.1 Å². The fourth-order valence-electron chi connectivity index (χ4n) is 4.37. The van der Waals surface area contributed by atoms with Crippen LogP contribution in [0.4, 0.5) is 0 Å². The van der Waals surface area contributed by atoms with Crippen LogP contribution in [0.5, 0.6) is 0 Å². The van der Waals surface area contributed by atoms with Gasteiger partial charge >= 0.3 is 0 Å². The second-order valence-electron chi connectivity index (χ2n) is 8.18. The maximum Gasteiger partial charge on any atom is 0.193 e. The number of hydrogen-bond donors (Lipinski definition) is 1. The van der Waals surface area contributed by atoms with Gasteiger partial charge in [-0.15, -0.1) is 0 Å². The van der Waals surface area contributed by atoms with Crippen molar-refractivity contribution in [3.63, 3.8) is 0 Å². The van der Waals surface area contributed by atoms with Gasteiger partial charge in [0.2, 0.25) is 0 Å². The van der Waals surface area contributed by atoms with Crippen molar-refractivity contribution in [2.24, 2.45) is 10.9 Å². The van der Waals surface area contributed by atoms with E-state index in [1.807, 2.05) is 19.2 Å². The third-order valence-corrected chi connectivity index (χ3v) is 6.87. The van der Waals surface area contributed by atoms with Gasteiger partial charge in [0.05, 0.1) is 0 Å². The number of benzene rings is 1. The molecule has 0 spiro atoms. The van der Waals surface area contributed by atoms with Crippen LogP contribution in [0.2, 0.25) is 10.0 Å². The number of ether oxygens (including phenoxy) is 2. The third-order valence-electron chi connectivity index (χ3n) is 6.32. The van der Waals surface area contributed by atoms with Crippen LogP contribution in [0.3, 0.4) is 0 Å². The summed E-state index contributed by atoms with van der Waals surface area (Å²) < 4.78 is 11.1. The Bertz CT molecular complexity index is 687. The molecule has 0 aliphatic carbocycles. The fraction of sp³-hybridized carbons (Fsp3) is 0.682. The quantitative estimate of drug-likeness (QED) is 0.525. The smallest absolute Gasteiger partial charge is 0.193 e. The second kappa shape index (κ2) is 10.9. The Morgan fingerprint density at radius 2 is 1.86 bits per heavy atom. The molecule has 2 aliphatic heterocycles. The lowest BCUT2D eigenvalue weighted by atomic mass is 9.74. The van der Waals surface area contributed by atoms with Gasteiger partial charge in [-0.25, -0.2) is 0 Å². The van der Waals surface area contributed by atoms with E-state index in [2.05, 4.69) is 28.3 Å². The number of nitrogens with one attached hydrogen (secondary N) is 1. The van der Waals surface area contributed by atoms with Gasteiger partial charge in [-0.1, -0.05) is 29.3 Å². The van der Waals surface area contributed by atoms with Gasteiger partial charge in [-0.2, -0.15) is 0 Å². The highest BCUT2D eigenvalue weighted by molar-refractivity contribution is 6.35. The summed E-state index contributed by atoms with van der Waals surface area (Å²) in [6.45, 7) is 5.02. The van der Waals surface area contributed by atoms with Crippen molar-refractivity contribution in [1.29, 1.82) is 0 Å². The Morgan fingerprint density at radius 3 is 2.52 bits per heavy atom. The SMILES string of the molecule is CN=C(NCC1(c2ccc(Cl)cc2Cl)CCOCC1)N(C)CCC1CCOCC1. The molecule has 2 saturated heterocycles. The predicted molar refractivity (Wildman–Crippen MR) is 120 cm³/mol. The van der Waals surface area contributed by atoms with Crippen LogP contribution in [-0.4, -0.2) is 64.5 Å². The number of hydrogen-bond acceptors (Lipinski definition) is 3. The lowest BCUT2D eigenvalue weighted by molar-refractivity contribution is 0.0511. The van der Waals surface area contributed by atoms with Gasteiger partial charge in [0, 0.05) is 69.1 Å². The molecule has 0 radical (unpaired) electrons. The van der Waals surface area contributed by atoms with Crippen molar-refractivity contribution in [2.45, 2.75) is 37.5 Å². The van der Waals surface area contributed by atoms with Crippen LogP contribution in [0, 0.1) is 5.92 Å². The Balaban J connectivity index is 1.64. The fourth-order valence-corrected chi connectivity index (χ4v) is 4.98. The largest absolute Gasteiger partial charge is 0.381 e. The molecule has 1 N–H and O–H groups in total. The highest BCUT2D eigenvalue weighted by Gasteiger charge is 2.36. The summed E-state index contributed by atoms with van der Waals surface area (Å²) in [6, 6.07) is 5.83. The van der Waals surface area contributed by atoms with Crippen LogP contribution in [0.25, 0.3) is 0 Å². The number of halogens is 2. The number of guanidine groups is 1. The standard InChI is InChI=1S/C22H33Cl2N3O2/c1-25-21(27(2)10-5-17-6-11-28-12-7-17)26-16-22(8-13-29-14-9-22)19-4-3-18(23)15-20(19)24/h3-4,15,17H,5-14,16H2,1-2H3,(H,25,26). The van der Waals surface area contributed by atoms with Crippen LogP contribution < -0.4 is 5.32 Å². The Labute approximate surface area is 184 Å². The van der Waals surface area contributed by atoms with E-state index in [0.717, 1.165) is 87.7 Å². The molecular weight excluding hydrogens is 409 g/mol. The molecule has 1 aromatic carbocycles. The van der Waals surface area contributed by atoms with Gasteiger partial charge in [0.25, 0.3) is 0 Å². The second-order valence-corrected chi connectivity index (χ2v) is 9.03. The molecular formula is C22H33Cl2N3O2. The molecule has 1 aromatic rings. The maximum atomic E-state index is 6.60. The summed E-state index contributed by atoms with van der Waals surface area (Å²) in [7, 11) is 3.96. The molecule has 2 fully saturated rings. The Morgan fingerprint density at radius 1 is 1.17 bits per heavy atom. The Kier molecular flexibility index (Phi) is 8.48. The summed E-state index contributed by atoms with van der Waals surface area (Å²) >= 11 is 12.7. The summed E-state index contributed by atoms with van der Waals surface area (Å²) in [5, 5.41) is 5.00. The molecule has 0 unspecified atom stereocenters. The van der Waals surface area contributed by atoms with E-state index in [1.165, 1.54) is 6.42 Å². The molecule has 2 aliphatic rings. The van der Waals surface area contributed by atoms with Gasteiger partial charge in [-0.05, 0) is 55.7 Å².